The van der Waals surface area contributed by atoms with Crippen molar-refractivity contribution in [2.45, 2.75) is 11.3 Å². The topological polar surface area (TPSA) is 80.8 Å². The van der Waals surface area contributed by atoms with Crippen LogP contribution in [0.15, 0.2) is 47.4 Å². The Morgan fingerprint density at radius 2 is 1.78 bits per heavy atom. The second-order valence-electron chi connectivity index (χ2n) is 6.16. The molecule has 0 aliphatic carbocycles. The molecule has 0 radical (unpaired) electrons. The number of hydrogen-bond acceptors (Lipinski definition) is 6. The number of ketones is 1. The minimum atomic E-state index is -3.34. The lowest BCUT2D eigenvalue weighted by atomic mass is 10.1. The average molecular weight is 405 g/mol. The average Bonchev–Trinajstić information content (AvgIpc) is 3.09. The highest BCUT2D eigenvalue weighted by Crippen LogP contribution is 2.30. The molecule has 1 aliphatic heterocycles. The highest BCUT2D eigenvalue weighted by molar-refractivity contribution is 7.98. The van der Waals surface area contributed by atoms with Crippen molar-refractivity contribution in [3.8, 4) is 0 Å². The summed E-state index contributed by atoms with van der Waals surface area (Å²) in [6.07, 6.45) is 3.64. The molecule has 142 valence electrons. The van der Waals surface area contributed by atoms with Gasteiger partial charge in [-0.25, -0.2) is 13.2 Å². The summed E-state index contributed by atoms with van der Waals surface area (Å²) in [6.45, 7) is 0.0151. The zero-order valence-electron chi connectivity index (χ0n) is 15.0. The van der Waals surface area contributed by atoms with Gasteiger partial charge in [0.15, 0.2) is 12.4 Å². The molecule has 0 unspecified atom stereocenters. The fourth-order valence-corrected chi connectivity index (χ4v) is 4.28. The van der Waals surface area contributed by atoms with E-state index in [4.69, 9.17) is 4.74 Å². The molecule has 0 fully saturated rings. The summed E-state index contributed by atoms with van der Waals surface area (Å²) in [7, 11) is -3.34. The van der Waals surface area contributed by atoms with Crippen LogP contribution in [-0.4, -0.2) is 45.8 Å². The minimum Gasteiger partial charge on any atom is -0.454 e. The predicted molar refractivity (Wildman–Crippen MR) is 105 cm³/mol. The summed E-state index contributed by atoms with van der Waals surface area (Å²) < 4.78 is 30.0. The number of benzene rings is 2. The molecule has 0 atom stereocenters. The summed E-state index contributed by atoms with van der Waals surface area (Å²) in [5.41, 5.74) is 2.14. The van der Waals surface area contributed by atoms with E-state index >= 15 is 0 Å². The third-order valence-electron chi connectivity index (χ3n) is 4.31. The van der Waals surface area contributed by atoms with Crippen LogP contribution >= 0.6 is 11.8 Å². The quantitative estimate of drug-likeness (QED) is 0.418. The van der Waals surface area contributed by atoms with Crippen LogP contribution in [0.2, 0.25) is 0 Å². The number of Topliss-reactive ketones (excluding diaryl/α,β-unsaturated/α-hetero) is 1. The molecular formula is C19H19NO5S2. The zero-order chi connectivity index (χ0) is 19.6. The van der Waals surface area contributed by atoms with E-state index in [9.17, 15) is 18.0 Å². The van der Waals surface area contributed by atoms with E-state index in [0.29, 0.717) is 29.8 Å². The number of nitrogens with zero attached hydrogens (tertiary/aromatic N) is 1. The first-order valence-corrected chi connectivity index (χ1v) is 11.3. The van der Waals surface area contributed by atoms with Gasteiger partial charge in [-0.2, -0.15) is 0 Å². The van der Waals surface area contributed by atoms with Crippen molar-refractivity contribution in [3.05, 3.63) is 59.2 Å². The Morgan fingerprint density at radius 3 is 2.41 bits per heavy atom. The second kappa shape index (κ2) is 7.74. The van der Waals surface area contributed by atoms with Gasteiger partial charge in [0.1, 0.15) is 0 Å². The highest BCUT2D eigenvalue weighted by Gasteiger charge is 2.27. The Labute approximate surface area is 162 Å². The van der Waals surface area contributed by atoms with Gasteiger partial charge in [0.05, 0.1) is 17.5 Å². The van der Waals surface area contributed by atoms with Crippen LogP contribution in [0.3, 0.4) is 0 Å². The molecule has 0 amide bonds. The molecule has 8 heteroatoms. The number of thioether (sulfide) groups is 1. The van der Waals surface area contributed by atoms with Gasteiger partial charge < -0.3 is 4.74 Å². The van der Waals surface area contributed by atoms with E-state index < -0.39 is 16.0 Å². The van der Waals surface area contributed by atoms with Gasteiger partial charge in [-0.15, -0.1) is 11.8 Å². The van der Waals surface area contributed by atoms with Gasteiger partial charge in [0.2, 0.25) is 10.0 Å². The molecule has 1 aliphatic rings. The first-order chi connectivity index (χ1) is 12.8. The molecule has 0 aromatic heterocycles. The number of sulfonamides is 1. The Hall–Kier alpha value is -2.32. The SMILES string of the molecule is CSc1ccc(C(=O)COC(=O)c2ccc3c(c2)CCN3S(C)(=O)=O)cc1. The van der Waals surface area contributed by atoms with Gasteiger partial charge in [-0.3, -0.25) is 9.10 Å². The first-order valence-electron chi connectivity index (χ1n) is 8.24. The van der Waals surface area contributed by atoms with Crippen molar-refractivity contribution in [3.63, 3.8) is 0 Å². The molecule has 27 heavy (non-hydrogen) atoms. The van der Waals surface area contributed by atoms with Crippen molar-refractivity contribution in [1.29, 1.82) is 0 Å². The third kappa shape index (κ3) is 4.33. The Morgan fingerprint density at radius 1 is 1.11 bits per heavy atom. The van der Waals surface area contributed by atoms with Gasteiger partial charge in [0, 0.05) is 17.0 Å². The van der Waals surface area contributed by atoms with Gasteiger partial charge >= 0.3 is 5.97 Å². The smallest absolute Gasteiger partial charge is 0.338 e. The number of ether oxygens (including phenoxy) is 1. The van der Waals surface area contributed by atoms with Crippen molar-refractivity contribution in [2.75, 3.05) is 30.0 Å². The Balaban J connectivity index is 1.66. The molecule has 0 saturated carbocycles. The number of carbonyl (C=O) groups excluding carboxylic acids is 2. The van der Waals surface area contributed by atoms with Gasteiger partial charge in [-0.1, -0.05) is 12.1 Å². The van der Waals surface area contributed by atoms with Crippen LogP contribution in [0, 0.1) is 0 Å². The number of carbonyl (C=O) groups is 2. The summed E-state index contributed by atoms with van der Waals surface area (Å²) in [6, 6.07) is 11.8. The fraction of sp³-hybridized carbons (Fsp3) is 0.263. The third-order valence-corrected chi connectivity index (χ3v) is 6.24. The fourth-order valence-electron chi connectivity index (χ4n) is 2.92. The van der Waals surface area contributed by atoms with Crippen LogP contribution in [-0.2, 0) is 21.2 Å². The van der Waals surface area contributed by atoms with Gasteiger partial charge in [-0.05, 0) is 48.6 Å². The van der Waals surface area contributed by atoms with Crippen LogP contribution in [0.1, 0.15) is 26.3 Å². The highest BCUT2D eigenvalue weighted by atomic mass is 32.2. The number of esters is 1. The second-order valence-corrected chi connectivity index (χ2v) is 8.94. The van der Waals surface area contributed by atoms with E-state index in [0.717, 1.165) is 16.7 Å². The molecule has 0 N–H and O–H groups in total. The van der Waals surface area contributed by atoms with Crippen molar-refractivity contribution in [2.24, 2.45) is 0 Å². The molecule has 6 nitrogen and oxygen atoms in total. The summed E-state index contributed by atoms with van der Waals surface area (Å²) in [5.74, 6) is -0.884. The summed E-state index contributed by atoms with van der Waals surface area (Å²) in [4.78, 5) is 25.5. The van der Waals surface area contributed by atoms with Crippen LogP contribution in [0.4, 0.5) is 5.69 Å². The predicted octanol–water partition coefficient (Wildman–Crippen LogP) is 2.77. The number of rotatable bonds is 6. The maximum absolute atomic E-state index is 12.2. The number of hydrogen-bond donors (Lipinski definition) is 0. The maximum atomic E-state index is 12.2. The number of fused-ring (bicyclic) bond motifs is 1. The molecule has 2 aromatic carbocycles. The Bertz CT molecular complexity index is 984. The summed E-state index contributed by atoms with van der Waals surface area (Å²) >= 11 is 1.58. The number of anilines is 1. The summed E-state index contributed by atoms with van der Waals surface area (Å²) in [5, 5.41) is 0. The van der Waals surface area contributed by atoms with Crippen molar-refractivity contribution >= 4 is 39.2 Å². The lowest BCUT2D eigenvalue weighted by Gasteiger charge is -2.16. The maximum Gasteiger partial charge on any atom is 0.338 e. The minimum absolute atomic E-state index is 0.277. The standard InChI is InChI=1S/C19H19NO5S2/c1-26-16-6-3-13(4-7-16)18(21)12-25-19(22)15-5-8-17-14(11-15)9-10-20(17)27(2,23)24/h3-8,11H,9-10,12H2,1-2H3. The Kier molecular flexibility index (Phi) is 5.57. The molecule has 3 rings (SSSR count). The molecule has 0 saturated heterocycles. The van der Waals surface area contributed by atoms with E-state index in [1.165, 1.54) is 10.4 Å². The van der Waals surface area contributed by atoms with E-state index in [1.807, 2.05) is 18.4 Å². The van der Waals surface area contributed by atoms with Crippen LogP contribution in [0.5, 0.6) is 0 Å². The van der Waals surface area contributed by atoms with Gasteiger partial charge in [0.25, 0.3) is 0 Å². The molecular weight excluding hydrogens is 386 g/mol. The zero-order valence-corrected chi connectivity index (χ0v) is 16.6. The van der Waals surface area contributed by atoms with E-state index in [-0.39, 0.29) is 12.4 Å². The van der Waals surface area contributed by atoms with Crippen LogP contribution in [0.25, 0.3) is 0 Å². The van der Waals surface area contributed by atoms with Crippen LogP contribution < -0.4 is 4.31 Å². The largest absolute Gasteiger partial charge is 0.454 e. The van der Waals surface area contributed by atoms with Crippen molar-refractivity contribution < 1.29 is 22.7 Å². The first kappa shape index (κ1) is 19.4. The molecule has 0 spiro atoms. The molecule has 2 aromatic rings. The van der Waals surface area contributed by atoms with E-state index in [2.05, 4.69) is 0 Å². The lowest BCUT2D eigenvalue weighted by molar-refractivity contribution is 0.0474. The molecule has 0 bridgehead atoms. The lowest BCUT2D eigenvalue weighted by Crippen LogP contribution is -2.27. The van der Waals surface area contributed by atoms with E-state index in [1.54, 1.807) is 36.0 Å². The van der Waals surface area contributed by atoms with Crippen molar-refractivity contribution in [1.82, 2.24) is 0 Å². The normalized spacial score (nSPS) is 13.3. The monoisotopic (exact) mass is 405 g/mol. The molecule has 1 heterocycles.